The smallest absolute Gasteiger partial charge is 0.251 e. The number of nitrogens with one attached hydrogen (secondary N) is 1. The average Bonchev–Trinajstić information content (AvgIpc) is 2.87. The van der Waals surface area contributed by atoms with Crippen molar-refractivity contribution in [3.05, 3.63) is 95.9 Å². The molecule has 0 bridgehead atoms. The zero-order valence-electron chi connectivity index (χ0n) is 18.6. The van der Waals surface area contributed by atoms with E-state index in [9.17, 15) is 9.18 Å². The van der Waals surface area contributed by atoms with E-state index in [1.165, 1.54) is 18.3 Å². The first-order valence-electron chi connectivity index (χ1n) is 10.4. The Labute approximate surface area is 196 Å². The predicted octanol–water partition coefficient (Wildman–Crippen LogP) is 5.02. The van der Waals surface area contributed by atoms with E-state index < -0.39 is 0 Å². The zero-order chi connectivity index (χ0) is 23.9. The number of hydrogen-bond donors (Lipinski definition) is 1. The van der Waals surface area contributed by atoms with Crippen molar-refractivity contribution in [2.45, 2.75) is 6.54 Å². The molecule has 0 radical (unpaired) electrons. The minimum atomic E-state index is -0.376. The molecule has 0 aliphatic heterocycles. The molecule has 0 aliphatic carbocycles. The van der Waals surface area contributed by atoms with Crippen molar-refractivity contribution < 1.29 is 23.4 Å². The SMILES string of the molecule is COc1ccc(CNC(=O)c2cccc(Oc3ccnc(-c4cccc(F)c4)n3)c2)c(OC)c1. The molecular formula is C26H22FN3O4. The van der Waals surface area contributed by atoms with Gasteiger partial charge in [0.15, 0.2) is 5.82 Å². The fraction of sp³-hybridized carbons (Fsp3) is 0.115. The van der Waals surface area contributed by atoms with Crippen LogP contribution in [0.3, 0.4) is 0 Å². The summed E-state index contributed by atoms with van der Waals surface area (Å²) in [5, 5.41) is 2.88. The summed E-state index contributed by atoms with van der Waals surface area (Å²) < 4.78 is 29.9. The third kappa shape index (κ3) is 5.47. The number of carbonyl (C=O) groups excluding carboxylic acids is 1. The van der Waals surface area contributed by atoms with E-state index in [0.29, 0.717) is 34.2 Å². The van der Waals surface area contributed by atoms with Crippen molar-refractivity contribution >= 4 is 5.91 Å². The quantitative estimate of drug-likeness (QED) is 0.398. The third-order valence-corrected chi connectivity index (χ3v) is 4.97. The molecule has 0 saturated heterocycles. The number of rotatable bonds is 8. The van der Waals surface area contributed by atoms with Crippen LogP contribution < -0.4 is 19.5 Å². The molecule has 0 unspecified atom stereocenters. The lowest BCUT2D eigenvalue weighted by Gasteiger charge is -2.12. The lowest BCUT2D eigenvalue weighted by molar-refractivity contribution is 0.0950. The van der Waals surface area contributed by atoms with E-state index in [2.05, 4.69) is 15.3 Å². The summed E-state index contributed by atoms with van der Waals surface area (Å²) in [7, 11) is 3.14. The Morgan fingerprint density at radius 3 is 2.59 bits per heavy atom. The topological polar surface area (TPSA) is 82.6 Å². The lowest BCUT2D eigenvalue weighted by Crippen LogP contribution is -2.23. The van der Waals surface area contributed by atoms with Gasteiger partial charge in [0.1, 0.15) is 23.1 Å². The van der Waals surface area contributed by atoms with E-state index in [4.69, 9.17) is 14.2 Å². The van der Waals surface area contributed by atoms with Crippen LogP contribution in [0.15, 0.2) is 79.0 Å². The van der Waals surface area contributed by atoms with E-state index in [1.807, 2.05) is 6.07 Å². The maximum absolute atomic E-state index is 13.5. The van der Waals surface area contributed by atoms with Gasteiger partial charge in [-0.2, -0.15) is 4.98 Å². The highest BCUT2D eigenvalue weighted by atomic mass is 19.1. The maximum atomic E-state index is 13.5. The van der Waals surface area contributed by atoms with Crippen LogP contribution >= 0.6 is 0 Å². The first kappa shape index (κ1) is 22.7. The number of benzene rings is 3. The molecule has 4 rings (SSSR count). The first-order valence-corrected chi connectivity index (χ1v) is 10.4. The molecule has 0 fully saturated rings. The summed E-state index contributed by atoms with van der Waals surface area (Å²) in [5.74, 6) is 1.68. The van der Waals surface area contributed by atoms with Gasteiger partial charge in [-0.3, -0.25) is 4.79 Å². The third-order valence-electron chi connectivity index (χ3n) is 4.97. The Balaban J connectivity index is 1.45. The van der Waals surface area contributed by atoms with Crippen LogP contribution in [0, 0.1) is 5.82 Å². The lowest BCUT2D eigenvalue weighted by atomic mass is 10.1. The van der Waals surface area contributed by atoms with Gasteiger partial charge in [-0.1, -0.05) is 18.2 Å². The number of carbonyl (C=O) groups is 1. The highest BCUT2D eigenvalue weighted by Crippen LogP contribution is 2.25. The highest BCUT2D eigenvalue weighted by Gasteiger charge is 2.11. The second kappa shape index (κ2) is 10.4. The number of methoxy groups -OCH3 is 2. The summed E-state index contributed by atoms with van der Waals surface area (Å²) >= 11 is 0. The molecular weight excluding hydrogens is 437 g/mol. The molecule has 1 aromatic heterocycles. The van der Waals surface area contributed by atoms with E-state index >= 15 is 0 Å². The normalized spacial score (nSPS) is 10.4. The molecule has 3 aromatic carbocycles. The molecule has 34 heavy (non-hydrogen) atoms. The number of amides is 1. The molecule has 0 atom stereocenters. The molecule has 0 saturated carbocycles. The Kier molecular flexibility index (Phi) is 6.98. The van der Waals surface area contributed by atoms with Crippen molar-refractivity contribution in [3.63, 3.8) is 0 Å². The van der Waals surface area contributed by atoms with Gasteiger partial charge in [0, 0.05) is 41.6 Å². The van der Waals surface area contributed by atoms with Crippen molar-refractivity contribution in [3.8, 4) is 34.5 Å². The van der Waals surface area contributed by atoms with Gasteiger partial charge in [-0.15, -0.1) is 0 Å². The van der Waals surface area contributed by atoms with Gasteiger partial charge < -0.3 is 19.5 Å². The van der Waals surface area contributed by atoms with Crippen molar-refractivity contribution in [2.75, 3.05) is 14.2 Å². The van der Waals surface area contributed by atoms with Crippen molar-refractivity contribution in [1.82, 2.24) is 15.3 Å². The molecule has 0 aliphatic rings. The van der Waals surface area contributed by atoms with E-state index in [-0.39, 0.29) is 24.1 Å². The maximum Gasteiger partial charge on any atom is 0.251 e. The van der Waals surface area contributed by atoms with Crippen LogP contribution in [0.25, 0.3) is 11.4 Å². The van der Waals surface area contributed by atoms with E-state index in [1.54, 1.807) is 68.8 Å². The molecule has 4 aromatic rings. The van der Waals surface area contributed by atoms with Crippen LogP contribution in [0.4, 0.5) is 4.39 Å². The second-order valence-corrected chi connectivity index (χ2v) is 7.22. The highest BCUT2D eigenvalue weighted by molar-refractivity contribution is 5.94. The largest absolute Gasteiger partial charge is 0.497 e. The van der Waals surface area contributed by atoms with Gasteiger partial charge in [-0.05, 0) is 42.5 Å². The summed E-state index contributed by atoms with van der Waals surface area (Å²) in [6, 6.07) is 19.7. The number of aromatic nitrogens is 2. The van der Waals surface area contributed by atoms with Crippen LogP contribution in [0.2, 0.25) is 0 Å². The van der Waals surface area contributed by atoms with Gasteiger partial charge in [-0.25, -0.2) is 9.37 Å². The minimum absolute atomic E-state index is 0.272. The predicted molar refractivity (Wildman–Crippen MR) is 125 cm³/mol. The Morgan fingerprint density at radius 2 is 1.79 bits per heavy atom. The van der Waals surface area contributed by atoms with Crippen LogP contribution in [-0.2, 0) is 6.54 Å². The summed E-state index contributed by atoms with van der Waals surface area (Å²) in [4.78, 5) is 21.2. The monoisotopic (exact) mass is 459 g/mol. The van der Waals surface area contributed by atoms with Gasteiger partial charge in [0.25, 0.3) is 5.91 Å². The molecule has 1 N–H and O–H groups in total. The summed E-state index contributed by atoms with van der Waals surface area (Å²) in [5.41, 5.74) is 1.77. The molecule has 7 nitrogen and oxygen atoms in total. The van der Waals surface area contributed by atoms with Crippen LogP contribution in [-0.4, -0.2) is 30.1 Å². The van der Waals surface area contributed by atoms with Crippen molar-refractivity contribution in [1.29, 1.82) is 0 Å². The van der Waals surface area contributed by atoms with Gasteiger partial charge in [0.2, 0.25) is 5.88 Å². The fourth-order valence-electron chi connectivity index (χ4n) is 3.26. The van der Waals surface area contributed by atoms with Gasteiger partial charge >= 0.3 is 0 Å². The molecule has 1 heterocycles. The fourth-order valence-corrected chi connectivity index (χ4v) is 3.26. The van der Waals surface area contributed by atoms with Crippen molar-refractivity contribution in [2.24, 2.45) is 0 Å². The number of nitrogens with zero attached hydrogens (tertiary/aromatic N) is 2. The second-order valence-electron chi connectivity index (χ2n) is 7.22. The first-order chi connectivity index (χ1) is 16.6. The zero-order valence-corrected chi connectivity index (χ0v) is 18.6. The standard InChI is InChI=1S/C26H22FN3O4/c1-32-21-10-9-19(23(15-21)33-2)16-29-26(31)18-6-4-8-22(14-18)34-24-11-12-28-25(30-24)17-5-3-7-20(27)13-17/h3-15H,16H2,1-2H3,(H,29,31). The number of halogens is 1. The molecule has 8 heteroatoms. The molecule has 0 spiro atoms. The Morgan fingerprint density at radius 1 is 0.941 bits per heavy atom. The summed E-state index contributed by atoms with van der Waals surface area (Å²) in [6.45, 7) is 0.278. The van der Waals surface area contributed by atoms with E-state index in [0.717, 1.165) is 5.56 Å². The van der Waals surface area contributed by atoms with Crippen LogP contribution in [0.5, 0.6) is 23.1 Å². The average molecular weight is 459 g/mol. The Hall–Kier alpha value is -4.46. The summed E-state index contributed by atoms with van der Waals surface area (Å²) in [6.07, 6.45) is 1.53. The Bertz CT molecular complexity index is 1310. The number of hydrogen-bond acceptors (Lipinski definition) is 6. The molecule has 1 amide bonds. The van der Waals surface area contributed by atoms with Gasteiger partial charge in [0.05, 0.1) is 14.2 Å². The minimum Gasteiger partial charge on any atom is -0.497 e. The molecule has 172 valence electrons. The number of ether oxygens (including phenoxy) is 3. The van der Waals surface area contributed by atoms with Crippen LogP contribution in [0.1, 0.15) is 15.9 Å².